The number of carbonyl (C=O) groups is 1. The molecule has 38 heavy (non-hydrogen) atoms. The fraction of sp³-hybridized carbons (Fsp3) is 0.400. The Hall–Kier alpha value is -4.00. The third-order valence-electron chi connectivity index (χ3n) is 6.15. The van der Waals surface area contributed by atoms with Gasteiger partial charge in [-0.15, -0.1) is 0 Å². The zero-order valence-electron chi connectivity index (χ0n) is 21.3. The van der Waals surface area contributed by atoms with Crippen molar-refractivity contribution in [3.8, 4) is 22.8 Å². The fourth-order valence-electron chi connectivity index (χ4n) is 3.90. The Bertz CT molecular complexity index is 1500. The lowest BCUT2D eigenvalue weighted by atomic mass is 9.93. The number of benzene rings is 1. The van der Waals surface area contributed by atoms with Crippen LogP contribution in [-0.2, 0) is 9.53 Å². The summed E-state index contributed by atoms with van der Waals surface area (Å²) in [7, 11) is 1.71. The van der Waals surface area contributed by atoms with E-state index in [9.17, 15) is 22.8 Å². The van der Waals surface area contributed by atoms with Gasteiger partial charge in [-0.25, -0.2) is 17.7 Å². The predicted molar refractivity (Wildman–Crippen MR) is 131 cm³/mol. The molecule has 0 unspecified atom stereocenters. The molecule has 1 N–H and O–H groups in total. The molecule has 13 heteroatoms. The summed E-state index contributed by atoms with van der Waals surface area (Å²) in [5.41, 5.74) is 0.569. The monoisotopic (exact) mass is 532 g/mol. The number of halogens is 3. The number of likely N-dealkylation sites (tertiary alicyclic amines) is 1. The lowest BCUT2D eigenvalue weighted by Gasteiger charge is -2.29. The molecule has 0 aliphatic carbocycles. The molecule has 1 fully saturated rings. The normalized spacial score (nSPS) is 14.4. The van der Waals surface area contributed by atoms with E-state index in [1.165, 1.54) is 12.3 Å². The lowest BCUT2D eigenvalue weighted by molar-refractivity contribution is -0.119. The number of hydrogen-bond acceptors (Lipinski definition) is 7. The molecule has 0 spiro atoms. The van der Waals surface area contributed by atoms with Crippen LogP contribution >= 0.6 is 0 Å². The van der Waals surface area contributed by atoms with Gasteiger partial charge >= 0.3 is 0 Å². The van der Waals surface area contributed by atoms with Crippen molar-refractivity contribution in [2.24, 2.45) is 0 Å². The van der Waals surface area contributed by atoms with Crippen molar-refractivity contribution >= 4 is 12.1 Å². The molecule has 0 saturated carbocycles. The Morgan fingerprint density at radius 2 is 1.74 bits per heavy atom. The van der Waals surface area contributed by atoms with Gasteiger partial charge < -0.3 is 19.1 Å². The number of nitrogens with zero attached hydrogens (tertiary/aromatic N) is 5. The highest BCUT2D eigenvalue weighted by Crippen LogP contribution is 2.30. The third kappa shape index (κ3) is 5.77. The van der Waals surface area contributed by atoms with Crippen molar-refractivity contribution in [2.75, 3.05) is 20.2 Å². The lowest BCUT2D eigenvalue weighted by Crippen LogP contribution is -2.32. The van der Waals surface area contributed by atoms with Gasteiger partial charge in [-0.1, -0.05) is 5.16 Å². The van der Waals surface area contributed by atoms with Gasteiger partial charge in [-0.3, -0.25) is 9.59 Å². The Labute approximate surface area is 215 Å². The molecule has 0 bridgehead atoms. The molecule has 0 atom stereocenters. The summed E-state index contributed by atoms with van der Waals surface area (Å²) < 4.78 is 52.5. The van der Waals surface area contributed by atoms with Gasteiger partial charge in [-0.2, -0.15) is 10.1 Å². The van der Waals surface area contributed by atoms with Crippen LogP contribution in [0.4, 0.5) is 13.2 Å². The number of nitrogens with one attached hydrogen (secondary N) is 1. The fourth-order valence-corrected chi connectivity index (χ4v) is 3.90. The minimum absolute atomic E-state index is 0.0123. The maximum Gasteiger partial charge on any atom is 0.263 e. The maximum atomic E-state index is 14.1. The summed E-state index contributed by atoms with van der Waals surface area (Å²) in [6, 6.07) is 2.50. The number of rotatable bonds is 4. The molecule has 202 valence electrons. The van der Waals surface area contributed by atoms with E-state index in [4.69, 9.17) is 9.26 Å². The van der Waals surface area contributed by atoms with Crippen molar-refractivity contribution in [3.63, 3.8) is 0 Å². The number of aromatic amines is 1. The Morgan fingerprint density at radius 3 is 2.37 bits per heavy atom. The molecule has 1 aliphatic heterocycles. The van der Waals surface area contributed by atoms with Crippen molar-refractivity contribution in [2.45, 2.75) is 45.1 Å². The molecule has 4 aromatic rings. The summed E-state index contributed by atoms with van der Waals surface area (Å²) in [6.07, 6.45) is 3.56. The second-order valence-corrected chi connectivity index (χ2v) is 9.78. The summed E-state index contributed by atoms with van der Waals surface area (Å²) >= 11 is 0. The van der Waals surface area contributed by atoms with Gasteiger partial charge in [0.25, 0.3) is 11.4 Å². The molecule has 3 aromatic heterocycles. The Kier molecular flexibility index (Phi) is 7.67. The molecule has 1 aromatic carbocycles. The number of amides is 1. The molecule has 1 saturated heterocycles. The molecular weight excluding hydrogens is 505 g/mol. The molecule has 5 rings (SSSR count). The molecular formula is C25H27F3N6O4. The molecule has 4 heterocycles. The first-order chi connectivity index (χ1) is 18.0. The van der Waals surface area contributed by atoms with Gasteiger partial charge in [-0.05, 0) is 39.7 Å². The van der Waals surface area contributed by atoms with Crippen LogP contribution in [0.5, 0.6) is 0 Å². The van der Waals surface area contributed by atoms with E-state index >= 15 is 0 Å². The zero-order valence-corrected chi connectivity index (χ0v) is 21.3. The van der Waals surface area contributed by atoms with Gasteiger partial charge in [0.15, 0.2) is 11.6 Å². The van der Waals surface area contributed by atoms with Gasteiger partial charge in [0.05, 0.1) is 23.1 Å². The van der Waals surface area contributed by atoms with Crippen molar-refractivity contribution in [1.82, 2.24) is 29.6 Å². The third-order valence-corrected chi connectivity index (χ3v) is 6.15. The van der Waals surface area contributed by atoms with Crippen molar-refractivity contribution in [1.29, 1.82) is 0 Å². The molecule has 1 amide bonds. The van der Waals surface area contributed by atoms with Crippen molar-refractivity contribution in [3.05, 3.63) is 57.9 Å². The second-order valence-electron chi connectivity index (χ2n) is 9.78. The smallest absolute Gasteiger partial charge is 0.263 e. The van der Waals surface area contributed by atoms with Gasteiger partial charge in [0, 0.05) is 38.2 Å². The maximum absolute atomic E-state index is 14.1. The van der Waals surface area contributed by atoms with Crippen LogP contribution in [0.25, 0.3) is 28.5 Å². The van der Waals surface area contributed by atoms with E-state index in [2.05, 4.69) is 20.2 Å². The largest absolute Gasteiger partial charge is 0.379 e. The summed E-state index contributed by atoms with van der Waals surface area (Å²) in [5, 5.41) is 7.98. The second kappa shape index (κ2) is 10.8. The highest BCUT2D eigenvalue weighted by atomic mass is 19.2. The van der Waals surface area contributed by atoms with E-state index in [1.54, 1.807) is 16.5 Å². The number of methoxy groups -OCH3 is 1. The number of H-pyrrole nitrogens is 1. The summed E-state index contributed by atoms with van der Waals surface area (Å²) in [4.78, 5) is 31.7. The Balaban J connectivity index is 0.000000505. The summed E-state index contributed by atoms with van der Waals surface area (Å²) in [6.45, 7) is 7.21. The number of aromatic nitrogens is 5. The van der Waals surface area contributed by atoms with Crippen LogP contribution in [0.1, 0.15) is 45.2 Å². The average molecular weight is 533 g/mol. The van der Waals surface area contributed by atoms with Crippen molar-refractivity contribution < 1.29 is 27.2 Å². The molecule has 0 radical (unpaired) electrons. The standard InChI is InChI=1S/C20H15F3N6O3.C5H12O/c21-13-6-15(23)14(22)5-11(13)18-26-20(32-27-18)12-8-24-29-16(7-17(31)25-19(12)29)10-1-3-28(9-30)4-2-10;1-5(2,3)6-4/h5-10H,1-4H2,(H,25,31);1-4H3. The minimum Gasteiger partial charge on any atom is -0.379 e. The minimum atomic E-state index is -1.33. The van der Waals surface area contributed by atoms with Gasteiger partial charge in [0.2, 0.25) is 12.2 Å². The van der Waals surface area contributed by atoms with Crippen LogP contribution in [-0.4, -0.2) is 61.8 Å². The van der Waals surface area contributed by atoms with Crippen LogP contribution in [0.15, 0.2) is 33.7 Å². The van der Waals surface area contributed by atoms with E-state index in [0.717, 1.165) is 6.41 Å². The number of hydrogen-bond donors (Lipinski definition) is 1. The SMILES string of the molecule is COC(C)(C)C.O=CN1CCC(c2cc(=O)[nH]c3c(-c4nc(-c5cc(F)c(F)cc5F)no4)cnn23)CC1. The quantitative estimate of drug-likeness (QED) is 0.313. The first-order valence-corrected chi connectivity index (χ1v) is 11.8. The van der Waals surface area contributed by atoms with E-state index in [0.29, 0.717) is 49.4 Å². The van der Waals surface area contributed by atoms with E-state index in [1.807, 2.05) is 20.8 Å². The van der Waals surface area contributed by atoms with Crippen LogP contribution in [0.2, 0.25) is 0 Å². The zero-order chi connectivity index (χ0) is 27.6. The topological polar surface area (TPSA) is 119 Å². The van der Waals surface area contributed by atoms with Crippen LogP contribution in [0, 0.1) is 17.5 Å². The first-order valence-electron chi connectivity index (χ1n) is 11.8. The number of carbonyl (C=O) groups excluding carboxylic acids is 1. The van der Waals surface area contributed by atoms with Crippen LogP contribution < -0.4 is 5.56 Å². The highest BCUT2D eigenvalue weighted by molar-refractivity contribution is 5.72. The summed E-state index contributed by atoms with van der Waals surface area (Å²) in [5.74, 6) is -3.98. The number of piperidine rings is 1. The Morgan fingerprint density at radius 1 is 1.08 bits per heavy atom. The van der Waals surface area contributed by atoms with Crippen LogP contribution in [0.3, 0.4) is 0 Å². The number of fused-ring (bicyclic) bond motifs is 1. The number of ether oxygens (including phenoxy) is 1. The van der Waals surface area contributed by atoms with E-state index in [-0.39, 0.29) is 39.9 Å². The predicted octanol–water partition coefficient (Wildman–Crippen LogP) is 3.92. The highest BCUT2D eigenvalue weighted by Gasteiger charge is 2.25. The van der Waals surface area contributed by atoms with Gasteiger partial charge in [0.1, 0.15) is 17.0 Å². The molecule has 10 nitrogen and oxygen atoms in total. The average Bonchev–Trinajstić information content (AvgIpc) is 3.53. The van der Waals surface area contributed by atoms with E-state index < -0.39 is 17.5 Å². The molecule has 1 aliphatic rings. The first kappa shape index (κ1) is 27.0.